The number of furan rings is 1. The number of hydrogen-bond acceptors (Lipinski definition) is 7. The molecule has 0 aliphatic rings. The number of halogens is 1. The van der Waals surface area contributed by atoms with Crippen LogP contribution in [0.2, 0.25) is 0 Å². The lowest BCUT2D eigenvalue weighted by atomic mass is 10.0. The second kappa shape index (κ2) is 10.2. The summed E-state index contributed by atoms with van der Waals surface area (Å²) in [6.45, 7) is 6.84. The second-order valence-electron chi connectivity index (χ2n) is 9.53. The first-order valence-electron chi connectivity index (χ1n) is 11.5. The monoisotopic (exact) mass is 506 g/mol. The molecule has 0 saturated heterocycles. The number of hydrogen-bond donors (Lipinski definition) is 2. The summed E-state index contributed by atoms with van der Waals surface area (Å²) in [4.78, 5) is 29.7. The molecule has 0 saturated carbocycles. The van der Waals surface area contributed by atoms with Gasteiger partial charge >= 0.3 is 0 Å². The zero-order valence-electron chi connectivity index (χ0n) is 20.8. The molecule has 2 aromatic heterocycles. The van der Waals surface area contributed by atoms with E-state index < -0.39 is 29.2 Å². The molecule has 11 heteroatoms. The summed E-state index contributed by atoms with van der Waals surface area (Å²) in [7, 11) is 0. The molecule has 37 heavy (non-hydrogen) atoms. The minimum absolute atomic E-state index is 0.0984. The average Bonchev–Trinajstić information content (AvgIpc) is 3.45. The normalized spacial score (nSPS) is 12.2. The van der Waals surface area contributed by atoms with Crippen molar-refractivity contribution in [1.29, 1.82) is 0 Å². The number of aromatic hydroxyl groups is 1. The van der Waals surface area contributed by atoms with Crippen LogP contribution in [0.3, 0.4) is 0 Å². The number of carbonyl (C=O) groups excluding carboxylic acids is 2. The highest BCUT2D eigenvalue weighted by Gasteiger charge is 2.35. The fraction of sp³-hybridized carbons (Fsp3) is 0.269. The topological polar surface area (TPSA) is 126 Å². The van der Waals surface area contributed by atoms with E-state index in [0.717, 1.165) is 4.80 Å². The van der Waals surface area contributed by atoms with Gasteiger partial charge in [-0.25, -0.2) is 4.39 Å². The molecule has 0 fully saturated rings. The summed E-state index contributed by atoms with van der Waals surface area (Å²) >= 11 is 0. The van der Waals surface area contributed by atoms with E-state index >= 15 is 0 Å². The Labute approximate surface area is 212 Å². The molecule has 0 unspecified atom stereocenters. The number of nitrogens with one attached hydrogen (secondary N) is 1. The van der Waals surface area contributed by atoms with Crippen LogP contribution in [-0.4, -0.2) is 42.7 Å². The second-order valence-corrected chi connectivity index (χ2v) is 9.53. The Morgan fingerprint density at radius 1 is 1.14 bits per heavy atom. The van der Waals surface area contributed by atoms with E-state index in [1.54, 1.807) is 31.2 Å². The first-order valence-corrected chi connectivity index (χ1v) is 11.5. The maximum absolute atomic E-state index is 13.8. The third-order valence-electron chi connectivity index (χ3n) is 5.26. The first-order chi connectivity index (χ1) is 17.5. The number of phenolic OH excluding ortho intramolecular Hbond substituents is 1. The molecule has 2 amide bonds. The summed E-state index contributed by atoms with van der Waals surface area (Å²) in [5.41, 5.74) is 0.00965. The Morgan fingerprint density at radius 2 is 1.86 bits per heavy atom. The predicted molar refractivity (Wildman–Crippen MR) is 133 cm³/mol. The van der Waals surface area contributed by atoms with E-state index in [1.165, 1.54) is 41.3 Å². The number of amides is 2. The highest BCUT2D eigenvalue weighted by molar-refractivity contribution is 6.01. The van der Waals surface area contributed by atoms with E-state index in [-0.39, 0.29) is 23.8 Å². The maximum atomic E-state index is 13.8. The summed E-state index contributed by atoms with van der Waals surface area (Å²) in [6.07, 6.45) is 0. The molecule has 0 aliphatic heterocycles. The van der Waals surface area contributed by atoms with Crippen LogP contribution in [0.1, 0.15) is 38.1 Å². The molecule has 2 heterocycles. The lowest BCUT2D eigenvalue weighted by Gasteiger charge is -2.33. The molecule has 0 aliphatic carbocycles. The van der Waals surface area contributed by atoms with Crippen LogP contribution in [-0.2, 0) is 16.1 Å². The van der Waals surface area contributed by atoms with Crippen molar-refractivity contribution in [3.8, 4) is 17.3 Å². The Hall–Kier alpha value is -4.54. The van der Waals surface area contributed by atoms with Crippen molar-refractivity contribution in [1.82, 2.24) is 25.5 Å². The summed E-state index contributed by atoms with van der Waals surface area (Å²) in [5.74, 6) is -0.373. The van der Waals surface area contributed by atoms with Crippen molar-refractivity contribution in [3.63, 3.8) is 0 Å². The van der Waals surface area contributed by atoms with Crippen LogP contribution in [0.25, 0.3) is 11.6 Å². The van der Waals surface area contributed by atoms with E-state index in [1.807, 2.05) is 20.8 Å². The van der Waals surface area contributed by atoms with Gasteiger partial charge in [0.25, 0.3) is 5.91 Å². The van der Waals surface area contributed by atoms with Gasteiger partial charge < -0.3 is 14.8 Å². The highest BCUT2D eigenvalue weighted by Crippen LogP contribution is 2.31. The molecular weight excluding hydrogens is 479 g/mol. The third-order valence-corrected chi connectivity index (χ3v) is 5.26. The molecule has 10 nitrogen and oxygen atoms in total. The van der Waals surface area contributed by atoms with E-state index in [2.05, 4.69) is 20.7 Å². The zero-order valence-corrected chi connectivity index (χ0v) is 20.8. The van der Waals surface area contributed by atoms with Crippen molar-refractivity contribution < 1.29 is 23.5 Å². The number of aryl methyl sites for hydroxylation is 1. The maximum Gasteiger partial charge on any atom is 0.251 e. The van der Waals surface area contributed by atoms with Crippen LogP contribution >= 0.6 is 0 Å². The Kier molecular flexibility index (Phi) is 7.05. The number of benzene rings is 2. The van der Waals surface area contributed by atoms with Crippen molar-refractivity contribution in [2.75, 3.05) is 4.90 Å². The number of tetrazole rings is 1. The average molecular weight is 507 g/mol. The molecule has 0 spiro atoms. The highest BCUT2D eigenvalue weighted by atomic mass is 19.1. The smallest absolute Gasteiger partial charge is 0.251 e. The van der Waals surface area contributed by atoms with Crippen LogP contribution < -0.4 is 10.2 Å². The van der Waals surface area contributed by atoms with E-state index in [9.17, 15) is 19.1 Å². The fourth-order valence-corrected chi connectivity index (χ4v) is 3.74. The van der Waals surface area contributed by atoms with Gasteiger partial charge in [0, 0.05) is 17.3 Å². The lowest BCUT2D eigenvalue weighted by Crippen LogP contribution is -2.50. The Balaban J connectivity index is 1.75. The Morgan fingerprint density at radius 3 is 2.49 bits per heavy atom. The van der Waals surface area contributed by atoms with Gasteiger partial charge in [0.05, 0.1) is 0 Å². The zero-order chi connectivity index (χ0) is 26.7. The van der Waals surface area contributed by atoms with Gasteiger partial charge in [-0.2, -0.15) is 4.80 Å². The van der Waals surface area contributed by atoms with Gasteiger partial charge in [-0.15, -0.1) is 10.2 Å². The molecule has 4 aromatic rings. The van der Waals surface area contributed by atoms with Gasteiger partial charge in [0.15, 0.2) is 5.76 Å². The molecule has 0 bridgehead atoms. The minimum Gasteiger partial charge on any atom is -0.508 e. The van der Waals surface area contributed by atoms with Gasteiger partial charge in [-0.05, 0) is 74.9 Å². The van der Waals surface area contributed by atoms with Gasteiger partial charge in [-0.3, -0.25) is 14.5 Å². The summed E-state index contributed by atoms with van der Waals surface area (Å²) in [6, 6.07) is 13.5. The predicted octanol–water partition coefficient (Wildman–Crippen LogP) is 3.78. The van der Waals surface area contributed by atoms with E-state index in [4.69, 9.17) is 4.42 Å². The number of carbonyl (C=O) groups is 2. The summed E-state index contributed by atoms with van der Waals surface area (Å²) < 4.78 is 19.3. The molecule has 0 radical (unpaired) electrons. The van der Waals surface area contributed by atoms with Crippen LogP contribution in [0.5, 0.6) is 5.75 Å². The standard InChI is InChI=1S/C26H27FN6O4/c1-16-8-13-21(37-16)24-29-31-32(30-24)15-22(35)33(19-6-5-7-20(34)14-19)23(25(36)28-26(2,3)4)17-9-11-18(27)12-10-17/h5-14,23,34H,15H2,1-4H3,(H,28,36)/t23-/m1/s1. The van der Waals surface area contributed by atoms with Crippen molar-refractivity contribution in [2.45, 2.75) is 45.8 Å². The van der Waals surface area contributed by atoms with Gasteiger partial charge in [0.1, 0.15) is 29.9 Å². The molecule has 2 N–H and O–H groups in total. The first kappa shape index (κ1) is 25.5. The number of nitrogens with zero attached hydrogens (tertiary/aromatic N) is 5. The largest absolute Gasteiger partial charge is 0.508 e. The molecule has 4 rings (SSSR count). The molecular formula is C26H27FN6O4. The minimum atomic E-state index is -1.19. The van der Waals surface area contributed by atoms with Crippen LogP contribution in [0.4, 0.5) is 10.1 Å². The lowest BCUT2D eigenvalue weighted by molar-refractivity contribution is -0.128. The molecule has 2 aromatic carbocycles. The van der Waals surface area contributed by atoms with Crippen molar-refractivity contribution in [3.05, 3.63) is 77.8 Å². The summed E-state index contributed by atoms with van der Waals surface area (Å²) in [5, 5.41) is 25.2. The van der Waals surface area contributed by atoms with Gasteiger partial charge in [0.2, 0.25) is 11.7 Å². The Bertz CT molecular complexity index is 1410. The number of rotatable bonds is 7. The number of anilines is 1. The van der Waals surface area contributed by atoms with Gasteiger partial charge in [-0.1, -0.05) is 18.2 Å². The van der Waals surface area contributed by atoms with E-state index in [0.29, 0.717) is 17.1 Å². The third kappa shape index (κ3) is 6.18. The SMILES string of the molecule is Cc1ccc(-c2nnn(CC(=O)N(c3cccc(O)c3)[C@@H](C(=O)NC(C)(C)C)c3ccc(F)cc3)n2)o1. The quantitative estimate of drug-likeness (QED) is 0.391. The number of phenols is 1. The van der Waals surface area contributed by atoms with Crippen LogP contribution in [0.15, 0.2) is 65.1 Å². The van der Waals surface area contributed by atoms with Crippen molar-refractivity contribution >= 4 is 17.5 Å². The van der Waals surface area contributed by atoms with Crippen molar-refractivity contribution in [2.24, 2.45) is 0 Å². The molecule has 1 atom stereocenters. The fourth-order valence-electron chi connectivity index (χ4n) is 3.74. The number of aromatic nitrogens is 4. The molecule has 192 valence electrons. The van der Waals surface area contributed by atoms with Crippen LogP contribution in [0, 0.1) is 12.7 Å².